The quantitative estimate of drug-likeness (QED) is 0.272. The zero-order valence-electron chi connectivity index (χ0n) is 15.4. The normalized spacial score (nSPS) is 13.4. The van der Waals surface area contributed by atoms with E-state index in [1.807, 2.05) is 0 Å². The van der Waals surface area contributed by atoms with E-state index in [-0.39, 0.29) is 23.4 Å². The zero-order chi connectivity index (χ0) is 19.2. The topological polar surface area (TPSA) is 78.4 Å². The molecular formula is C18H22N2O4S3. The number of ether oxygens (including phenoxy) is 2. The predicted molar refractivity (Wildman–Crippen MR) is 109 cm³/mol. The number of hydrogen-bond donors (Lipinski definition) is 0. The van der Waals surface area contributed by atoms with Crippen LogP contribution in [0.5, 0.6) is 0 Å². The van der Waals surface area contributed by atoms with Gasteiger partial charge in [-0.1, -0.05) is 23.5 Å². The fourth-order valence-corrected chi connectivity index (χ4v) is 5.87. The number of esters is 2. The third kappa shape index (κ3) is 5.14. The molecule has 0 aromatic carbocycles. The molecule has 0 atom stereocenters. The number of thioether (sulfide) groups is 2. The van der Waals surface area contributed by atoms with E-state index in [2.05, 4.69) is 9.97 Å². The minimum Gasteiger partial charge on any atom is -0.465 e. The second-order valence-corrected chi connectivity index (χ2v) is 8.88. The van der Waals surface area contributed by atoms with Gasteiger partial charge in [-0.25, -0.2) is 9.97 Å². The van der Waals surface area contributed by atoms with Gasteiger partial charge in [-0.15, -0.1) is 11.3 Å². The number of nitrogens with zero attached hydrogens (tertiary/aromatic N) is 2. The summed E-state index contributed by atoms with van der Waals surface area (Å²) in [5, 5.41) is 2.42. The molecule has 0 spiro atoms. The molecule has 6 nitrogen and oxygen atoms in total. The highest BCUT2D eigenvalue weighted by atomic mass is 32.2. The Kier molecular flexibility index (Phi) is 7.37. The maximum atomic E-state index is 11.8. The van der Waals surface area contributed by atoms with E-state index in [0.29, 0.717) is 18.4 Å². The predicted octanol–water partition coefficient (Wildman–Crippen LogP) is 3.88. The Bertz CT molecular complexity index is 838. The molecule has 1 aliphatic rings. The summed E-state index contributed by atoms with van der Waals surface area (Å²) < 4.78 is 10.0. The van der Waals surface area contributed by atoms with E-state index in [1.54, 1.807) is 25.2 Å². The van der Waals surface area contributed by atoms with Crippen LogP contribution < -0.4 is 0 Å². The van der Waals surface area contributed by atoms with Crippen molar-refractivity contribution in [3.63, 3.8) is 0 Å². The van der Waals surface area contributed by atoms with Crippen molar-refractivity contribution in [3.8, 4) is 0 Å². The summed E-state index contributed by atoms with van der Waals surface area (Å²) in [7, 11) is 0. The second-order valence-electron chi connectivity index (χ2n) is 5.89. The Morgan fingerprint density at radius 1 is 1.00 bits per heavy atom. The Hall–Kier alpha value is -1.32. The van der Waals surface area contributed by atoms with Crippen molar-refractivity contribution in [2.45, 2.75) is 49.7 Å². The molecular weight excluding hydrogens is 404 g/mol. The first kappa shape index (κ1) is 20.4. The molecule has 0 bridgehead atoms. The van der Waals surface area contributed by atoms with E-state index in [9.17, 15) is 9.59 Å². The van der Waals surface area contributed by atoms with Crippen LogP contribution >= 0.6 is 34.9 Å². The number of rotatable bonds is 8. The van der Waals surface area contributed by atoms with Gasteiger partial charge in [0.2, 0.25) is 0 Å². The summed E-state index contributed by atoms with van der Waals surface area (Å²) >= 11 is 4.36. The highest BCUT2D eigenvalue weighted by Gasteiger charge is 2.22. The average Bonchev–Trinajstić information content (AvgIpc) is 3.03. The molecule has 0 saturated heterocycles. The standard InChI is InChI=1S/C18H22N2O4S3/c1-3-23-13(21)9-25-16-15-11-7-5-6-8-12(11)27-17(15)20-18(19-16)26-10-14(22)24-4-2/h3-10H2,1-2H3. The van der Waals surface area contributed by atoms with Crippen molar-refractivity contribution in [2.75, 3.05) is 24.7 Å². The minimum absolute atomic E-state index is 0.173. The molecule has 2 aromatic heterocycles. The van der Waals surface area contributed by atoms with Crippen molar-refractivity contribution < 1.29 is 19.1 Å². The van der Waals surface area contributed by atoms with E-state index in [4.69, 9.17) is 9.47 Å². The Morgan fingerprint density at radius 2 is 1.67 bits per heavy atom. The minimum atomic E-state index is -0.280. The van der Waals surface area contributed by atoms with Crippen LogP contribution in [0, 0.1) is 0 Å². The van der Waals surface area contributed by atoms with Gasteiger partial charge in [-0.2, -0.15) is 0 Å². The van der Waals surface area contributed by atoms with Crippen molar-refractivity contribution in [3.05, 3.63) is 10.4 Å². The van der Waals surface area contributed by atoms with Crippen molar-refractivity contribution in [1.29, 1.82) is 0 Å². The first-order chi connectivity index (χ1) is 13.1. The molecule has 27 heavy (non-hydrogen) atoms. The monoisotopic (exact) mass is 426 g/mol. The number of carbonyl (C=O) groups is 2. The average molecular weight is 427 g/mol. The van der Waals surface area contributed by atoms with Crippen LogP contribution in [-0.2, 0) is 31.9 Å². The van der Waals surface area contributed by atoms with Crippen LogP contribution in [0.3, 0.4) is 0 Å². The van der Waals surface area contributed by atoms with Gasteiger partial charge in [0.25, 0.3) is 0 Å². The summed E-state index contributed by atoms with van der Waals surface area (Å²) in [6.45, 7) is 4.31. The number of aromatic nitrogens is 2. The van der Waals surface area contributed by atoms with Crippen molar-refractivity contribution in [1.82, 2.24) is 9.97 Å². The largest absolute Gasteiger partial charge is 0.465 e. The van der Waals surface area contributed by atoms with E-state index >= 15 is 0 Å². The lowest BCUT2D eigenvalue weighted by Gasteiger charge is -2.12. The van der Waals surface area contributed by atoms with E-state index in [1.165, 1.54) is 46.8 Å². The number of thiophene rings is 1. The highest BCUT2D eigenvalue weighted by Crippen LogP contribution is 2.40. The molecule has 2 aromatic rings. The molecule has 2 heterocycles. The summed E-state index contributed by atoms with van der Waals surface area (Å²) in [5.74, 6) is -0.143. The molecule has 0 N–H and O–H groups in total. The van der Waals surface area contributed by atoms with Gasteiger partial charge in [-0.05, 0) is 45.1 Å². The summed E-state index contributed by atoms with van der Waals surface area (Å²) in [5.41, 5.74) is 1.33. The molecule has 0 amide bonds. The lowest BCUT2D eigenvalue weighted by atomic mass is 9.97. The number of hydrogen-bond acceptors (Lipinski definition) is 9. The summed E-state index contributed by atoms with van der Waals surface area (Å²) in [6.07, 6.45) is 4.47. The van der Waals surface area contributed by atoms with Gasteiger partial charge in [-0.3, -0.25) is 9.59 Å². The fourth-order valence-electron chi connectivity index (χ4n) is 2.93. The Morgan fingerprint density at radius 3 is 2.37 bits per heavy atom. The Labute approximate surface area is 170 Å². The van der Waals surface area contributed by atoms with Gasteiger partial charge in [0, 0.05) is 10.3 Å². The van der Waals surface area contributed by atoms with Crippen LogP contribution in [0.15, 0.2) is 10.2 Å². The fraction of sp³-hybridized carbons (Fsp3) is 0.556. The number of fused-ring (bicyclic) bond motifs is 3. The molecule has 0 saturated carbocycles. The van der Waals surface area contributed by atoms with Crippen LogP contribution in [-0.4, -0.2) is 46.6 Å². The smallest absolute Gasteiger partial charge is 0.316 e. The van der Waals surface area contributed by atoms with Gasteiger partial charge in [0.1, 0.15) is 9.86 Å². The molecule has 146 valence electrons. The van der Waals surface area contributed by atoms with Gasteiger partial charge >= 0.3 is 11.9 Å². The van der Waals surface area contributed by atoms with Crippen LogP contribution in [0.1, 0.15) is 37.1 Å². The molecule has 9 heteroatoms. The lowest BCUT2D eigenvalue weighted by molar-refractivity contribution is -0.140. The van der Waals surface area contributed by atoms with Gasteiger partial charge in [0.05, 0.1) is 24.7 Å². The number of aryl methyl sites for hydroxylation is 2. The highest BCUT2D eigenvalue weighted by molar-refractivity contribution is 8.00. The van der Waals surface area contributed by atoms with Crippen molar-refractivity contribution in [2.24, 2.45) is 0 Å². The SMILES string of the molecule is CCOC(=O)CSc1nc(SCC(=O)OCC)c2c3c(sc2n1)CCCC3. The van der Waals surface area contributed by atoms with E-state index < -0.39 is 0 Å². The maximum Gasteiger partial charge on any atom is 0.316 e. The maximum absolute atomic E-state index is 11.8. The second kappa shape index (κ2) is 9.75. The van der Waals surface area contributed by atoms with Crippen LogP contribution in [0.4, 0.5) is 0 Å². The van der Waals surface area contributed by atoms with Gasteiger partial charge < -0.3 is 9.47 Å². The third-order valence-electron chi connectivity index (χ3n) is 4.02. The summed E-state index contributed by atoms with van der Waals surface area (Å²) in [4.78, 5) is 35.1. The number of carbonyl (C=O) groups excluding carboxylic acids is 2. The molecule has 0 radical (unpaired) electrons. The zero-order valence-corrected chi connectivity index (χ0v) is 17.9. The van der Waals surface area contributed by atoms with E-state index in [0.717, 1.165) is 28.1 Å². The Balaban J connectivity index is 1.88. The molecule has 0 fully saturated rings. The first-order valence-electron chi connectivity index (χ1n) is 9.01. The molecule has 1 aliphatic carbocycles. The first-order valence-corrected chi connectivity index (χ1v) is 11.8. The summed E-state index contributed by atoms with van der Waals surface area (Å²) in [6, 6.07) is 0. The molecule has 0 aliphatic heterocycles. The molecule has 0 unspecified atom stereocenters. The third-order valence-corrected chi connectivity index (χ3v) is 6.97. The van der Waals surface area contributed by atoms with Crippen LogP contribution in [0.2, 0.25) is 0 Å². The van der Waals surface area contributed by atoms with Crippen LogP contribution in [0.25, 0.3) is 10.2 Å². The molecule has 3 rings (SSSR count). The van der Waals surface area contributed by atoms with Gasteiger partial charge in [0.15, 0.2) is 5.16 Å². The van der Waals surface area contributed by atoms with Crippen molar-refractivity contribution >= 4 is 57.0 Å². The lowest BCUT2D eigenvalue weighted by Crippen LogP contribution is -2.08.